The molecule has 2 heterocycles. The van der Waals surface area contributed by atoms with E-state index in [2.05, 4.69) is 5.32 Å². The number of nitrogens with one attached hydrogen (secondary N) is 1. The van der Waals surface area contributed by atoms with Crippen LogP contribution in [0.4, 0.5) is 0 Å². The van der Waals surface area contributed by atoms with Crippen molar-refractivity contribution in [2.75, 3.05) is 13.1 Å². The van der Waals surface area contributed by atoms with Crippen molar-refractivity contribution in [1.29, 1.82) is 0 Å². The molecule has 0 aromatic carbocycles. The second-order valence-electron chi connectivity index (χ2n) is 6.17. The first kappa shape index (κ1) is 17.0. The van der Waals surface area contributed by atoms with E-state index >= 15 is 0 Å². The third-order valence-electron chi connectivity index (χ3n) is 3.70. The quantitative estimate of drug-likeness (QED) is 0.923. The minimum Gasteiger partial charge on any atom is -0.372 e. The van der Waals surface area contributed by atoms with Gasteiger partial charge in [0.2, 0.25) is 5.91 Å². The Hall–Kier alpha value is -1.40. The minimum absolute atomic E-state index is 0.0218. The van der Waals surface area contributed by atoms with Crippen LogP contribution in [0.3, 0.4) is 0 Å². The molecule has 1 aromatic rings. The van der Waals surface area contributed by atoms with Crippen molar-refractivity contribution < 1.29 is 14.3 Å². The molecule has 1 aromatic heterocycles. The highest BCUT2D eigenvalue weighted by Gasteiger charge is 2.33. The van der Waals surface area contributed by atoms with E-state index in [9.17, 15) is 9.59 Å². The molecule has 2 rings (SSSR count). The molecule has 0 radical (unpaired) electrons. The number of thiophene rings is 1. The Bertz CT molecular complexity index is 505. The molecule has 0 spiro atoms. The summed E-state index contributed by atoms with van der Waals surface area (Å²) >= 11 is 1.38. The zero-order valence-corrected chi connectivity index (χ0v) is 14.4. The smallest absolute Gasteiger partial charge is 0.262 e. The number of rotatable bonds is 4. The highest BCUT2D eigenvalue weighted by molar-refractivity contribution is 7.12. The van der Waals surface area contributed by atoms with E-state index in [-0.39, 0.29) is 29.9 Å². The van der Waals surface area contributed by atoms with Gasteiger partial charge in [-0.15, -0.1) is 11.3 Å². The third-order valence-corrected chi connectivity index (χ3v) is 4.56. The van der Waals surface area contributed by atoms with Gasteiger partial charge in [-0.3, -0.25) is 9.59 Å². The Morgan fingerprint density at radius 1 is 1.32 bits per heavy atom. The lowest BCUT2D eigenvalue weighted by molar-refractivity contribution is -0.146. The molecule has 1 fully saturated rings. The van der Waals surface area contributed by atoms with Gasteiger partial charge >= 0.3 is 0 Å². The van der Waals surface area contributed by atoms with Crippen molar-refractivity contribution in [2.45, 2.75) is 45.9 Å². The van der Waals surface area contributed by atoms with Crippen molar-refractivity contribution in [1.82, 2.24) is 10.2 Å². The summed E-state index contributed by atoms with van der Waals surface area (Å²) < 4.78 is 5.67. The Morgan fingerprint density at radius 2 is 1.95 bits per heavy atom. The van der Waals surface area contributed by atoms with Crippen LogP contribution in [0, 0.1) is 5.92 Å². The topological polar surface area (TPSA) is 58.6 Å². The van der Waals surface area contributed by atoms with Crippen LogP contribution in [0.2, 0.25) is 0 Å². The van der Waals surface area contributed by atoms with E-state index in [1.807, 2.05) is 39.1 Å². The van der Waals surface area contributed by atoms with Crippen molar-refractivity contribution in [3.63, 3.8) is 0 Å². The predicted molar refractivity (Wildman–Crippen MR) is 87.0 cm³/mol. The number of carbonyl (C=O) groups excluding carboxylic acids is 2. The Labute approximate surface area is 135 Å². The lowest BCUT2D eigenvalue weighted by Crippen LogP contribution is -2.56. The van der Waals surface area contributed by atoms with Gasteiger partial charge in [0.05, 0.1) is 17.1 Å². The molecule has 2 amide bonds. The molecule has 0 saturated carbocycles. The Morgan fingerprint density at radius 3 is 2.45 bits per heavy atom. The highest BCUT2D eigenvalue weighted by atomic mass is 32.1. The number of ether oxygens (including phenoxy) is 1. The summed E-state index contributed by atoms with van der Waals surface area (Å²) in [6.07, 6.45) is 0.0435. The zero-order chi connectivity index (χ0) is 16.3. The van der Waals surface area contributed by atoms with Crippen LogP contribution in [0.1, 0.15) is 37.4 Å². The normalized spacial score (nSPS) is 23.4. The van der Waals surface area contributed by atoms with Crippen molar-refractivity contribution in [3.8, 4) is 0 Å². The number of amides is 2. The van der Waals surface area contributed by atoms with E-state index in [1.54, 1.807) is 11.0 Å². The fraction of sp³-hybridized carbons (Fsp3) is 0.625. The molecular weight excluding hydrogens is 300 g/mol. The summed E-state index contributed by atoms with van der Waals surface area (Å²) in [5.74, 6) is -0.178. The van der Waals surface area contributed by atoms with Crippen LogP contribution in [-0.2, 0) is 9.53 Å². The largest absolute Gasteiger partial charge is 0.372 e. The summed E-state index contributed by atoms with van der Waals surface area (Å²) in [5, 5.41) is 4.74. The first-order chi connectivity index (χ1) is 10.4. The van der Waals surface area contributed by atoms with E-state index in [0.717, 1.165) is 0 Å². The summed E-state index contributed by atoms with van der Waals surface area (Å²) in [4.78, 5) is 27.5. The maximum atomic E-state index is 12.8. The standard InChI is InChI=1S/C16H24N2O3S/c1-10(2)14(17-15(19)13-6-5-7-22-13)16(20)18-8-11(3)21-12(4)9-18/h5-7,10-12,14H,8-9H2,1-4H3,(H,17,19)/t11-,12+,14-/m1/s1. The summed E-state index contributed by atoms with van der Waals surface area (Å²) in [5.41, 5.74) is 0. The molecule has 1 saturated heterocycles. The van der Waals surface area contributed by atoms with Crippen LogP contribution < -0.4 is 5.32 Å². The molecule has 1 aliphatic rings. The van der Waals surface area contributed by atoms with Gasteiger partial charge < -0.3 is 15.0 Å². The molecule has 6 heteroatoms. The number of morpholine rings is 1. The Kier molecular flexibility index (Phi) is 5.58. The van der Waals surface area contributed by atoms with Crippen LogP contribution in [0.15, 0.2) is 17.5 Å². The molecule has 0 bridgehead atoms. The van der Waals surface area contributed by atoms with Gasteiger partial charge in [0.1, 0.15) is 6.04 Å². The van der Waals surface area contributed by atoms with E-state index in [1.165, 1.54) is 11.3 Å². The van der Waals surface area contributed by atoms with Crippen molar-refractivity contribution >= 4 is 23.2 Å². The van der Waals surface area contributed by atoms with Crippen LogP contribution >= 0.6 is 11.3 Å². The lowest BCUT2D eigenvalue weighted by Gasteiger charge is -2.38. The lowest BCUT2D eigenvalue weighted by atomic mass is 10.0. The van der Waals surface area contributed by atoms with Crippen molar-refractivity contribution in [3.05, 3.63) is 22.4 Å². The SMILES string of the molecule is CC(C)[C@@H](NC(=O)c1cccs1)C(=O)N1C[C@@H](C)O[C@@H](C)C1. The number of nitrogens with zero attached hydrogens (tertiary/aromatic N) is 1. The number of carbonyl (C=O) groups is 2. The van der Waals surface area contributed by atoms with Gasteiger partial charge in [-0.25, -0.2) is 0 Å². The van der Waals surface area contributed by atoms with Gasteiger partial charge in [-0.05, 0) is 31.2 Å². The molecule has 3 atom stereocenters. The molecule has 1 aliphatic heterocycles. The maximum absolute atomic E-state index is 12.8. The second kappa shape index (κ2) is 7.24. The first-order valence-corrected chi connectivity index (χ1v) is 8.55. The molecular formula is C16H24N2O3S. The fourth-order valence-corrected chi connectivity index (χ4v) is 3.32. The van der Waals surface area contributed by atoms with Gasteiger partial charge in [0.25, 0.3) is 5.91 Å². The second-order valence-corrected chi connectivity index (χ2v) is 7.12. The van der Waals surface area contributed by atoms with Gasteiger partial charge in [-0.1, -0.05) is 19.9 Å². The average molecular weight is 324 g/mol. The minimum atomic E-state index is -0.507. The van der Waals surface area contributed by atoms with E-state index in [4.69, 9.17) is 4.74 Å². The van der Waals surface area contributed by atoms with Gasteiger partial charge in [0, 0.05) is 13.1 Å². The third kappa shape index (κ3) is 4.08. The number of hydrogen-bond acceptors (Lipinski definition) is 4. The summed E-state index contributed by atoms with van der Waals surface area (Å²) in [7, 11) is 0. The Balaban J connectivity index is 2.07. The molecule has 5 nitrogen and oxygen atoms in total. The average Bonchev–Trinajstić information content (AvgIpc) is 2.96. The van der Waals surface area contributed by atoms with Crippen LogP contribution in [0.25, 0.3) is 0 Å². The fourth-order valence-electron chi connectivity index (χ4n) is 2.69. The highest BCUT2D eigenvalue weighted by Crippen LogP contribution is 2.16. The van der Waals surface area contributed by atoms with Gasteiger partial charge in [-0.2, -0.15) is 0 Å². The van der Waals surface area contributed by atoms with E-state index < -0.39 is 6.04 Å². The summed E-state index contributed by atoms with van der Waals surface area (Å²) in [6, 6.07) is 3.09. The molecule has 1 N–H and O–H groups in total. The number of hydrogen-bond donors (Lipinski definition) is 1. The molecule has 0 aliphatic carbocycles. The maximum Gasteiger partial charge on any atom is 0.262 e. The predicted octanol–water partition coefficient (Wildman–Crippen LogP) is 2.14. The first-order valence-electron chi connectivity index (χ1n) is 7.67. The van der Waals surface area contributed by atoms with Gasteiger partial charge in [0.15, 0.2) is 0 Å². The zero-order valence-electron chi connectivity index (χ0n) is 13.5. The van der Waals surface area contributed by atoms with Crippen molar-refractivity contribution in [2.24, 2.45) is 5.92 Å². The van der Waals surface area contributed by atoms with E-state index in [0.29, 0.717) is 18.0 Å². The van der Waals surface area contributed by atoms with Crippen LogP contribution in [-0.4, -0.2) is 48.1 Å². The molecule has 122 valence electrons. The molecule has 0 unspecified atom stereocenters. The monoisotopic (exact) mass is 324 g/mol. The summed E-state index contributed by atoms with van der Waals surface area (Å²) in [6.45, 7) is 8.97. The van der Waals surface area contributed by atoms with Crippen LogP contribution in [0.5, 0.6) is 0 Å². The molecule has 22 heavy (non-hydrogen) atoms.